The Morgan fingerprint density at radius 1 is 1.14 bits per heavy atom. The normalized spacial score (nSPS) is 10.4. The van der Waals surface area contributed by atoms with Crippen molar-refractivity contribution in [3.05, 3.63) is 41.6 Å². The molecule has 0 saturated carbocycles. The highest BCUT2D eigenvalue weighted by molar-refractivity contribution is 5.63. The molecule has 1 aromatic carbocycles. The Kier molecular flexibility index (Phi) is 5.55. The maximum absolute atomic E-state index is 4.52. The molecule has 0 aliphatic carbocycles. The molecule has 1 heterocycles. The van der Waals surface area contributed by atoms with E-state index in [1.54, 1.807) is 6.20 Å². The molecule has 0 amide bonds. The Hall–Kier alpha value is -2.10. The number of unbranched alkanes of at least 4 members (excludes halogenated alkanes) is 1. The van der Waals surface area contributed by atoms with Gasteiger partial charge in [-0.3, -0.25) is 0 Å². The van der Waals surface area contributed by atoms with Gasteiger partial charge in [0.15, 0.2) is 0 Å². The van der Waals surface area contributed by atoms with Crippen LogP contribution in [0.2, 0.25) is 0 Å². The molecular formula is C17H24N4. The van der Waals surface area contributed by atoms with Crippen LogP contribution in [0.3, 0.4) is 0 Å². The zero-order valence-corrected chi connectivity index (χ0v) is 13.1. The lowest BCUT2D eigenvalue weighted by molar-refractivity contribution is 0.830. The molecule has 112 valence electrons. The topological polar surface area (TPSA) is 49.8 Å². The van der Waals surface area contributed by atoms with E-state index in [1.165, 1.54) is 17.5 Å². The minimum absolute atomic E-state index is 0.639. The third-order valence-electron chi connectivity index (χ3n) is 3.47. The third-order valence-corrected chi connectivity index (χ3v) is 3.47. The van der Waals surface area contributed by atoms with E-state index in [9.17, 15) is 0 Å². The minimum Gasteiger partial charge on any atom is -0.370 e. The van der Waals surface area contributed by atoms with Crippen molar-refractivity contribution in [2.24, 2.45) is 0 Å². The van der Waals surface area contributed by atoms with E-state index in [4.69, 9.17) is 0 Å². The van der Waals surface area contributed by atoms with Crippen LogP contribution < -0.4 is 10.6 Å². The molecular weight excluding hydrogens is 260 g/mol. The molecule has 4 nitrogen and oxygen atoms in total. The smallest absolute Gasteiger partial charge is 0.229 e. The van der Waals surface area contributed by atoms with Crippen molar-refractivity contribution in [2.45, 2.75) is 40.0 Å². The molecule has 0 atom stereocenters. The molecule has 4 heteroatoms. The molecule has 2 N–H and O–H groups in total. The first-order valence-electron chi connectivity index (χ1n) is 7.67. The molecule has 0 spiro atoms. The van der Waals surface area contributed by atoms with E-state index in [2.05, 4.69) is 59.6 Å². The van der Waals surface area contributed by atoms with E-state index in [0.717, 1.165) is 30.9 Å². The molecule has 1 aromatic heterocycles. The maximum Gasteiger partial charge on any atom is 0.229 e. The number of aryl methyl sites for hydroxylation is 2. The van der Waals surface area contributed by atoms with Crippen LogP contribution in [0.15, 0.2) is 30.5 Å². The highest BCUT2D eigenvalue weighted by Crippen LogP contribution is 2.24. The van der Waals surface area contributed by atoms with Gasteiger partial charge >= 0.3 is 0 Å². The van der Waals surface area contributed by atoms with Crippen LogP contribution in [-0.2, 0) is 6.42 Å². The van der Waals surface area contributed by atoms with E-state index >= 15 is 0 Å². The summed E-state index contributed by atoms with van der Waals surface area (Å²) in [5.41, 5.74) is 3.61. The van der Waals surface area contributed by atoms with Gasteiger partial charge in [-0.05, 0) is 37.0 Å². The zero-order chi connectivity index (χ0) is 15.1. The summed E-state index contributed by atoms with van der Waals surface area (Å²) in [6.45, 7) is 7.38. The number of hydrogen-bond donors (Lipinski definition) is 2. The molecule has 0 saturated heterocycles. The fraction of sp³-hybridized carbons (Fsp3) is 0.412. The van der Waals surface area contributed by atoms with Crippen molar-refractivity contribution < 1.29 is 0 Å². The van der Waals surface area contributed by atoms with Crippen LogP contribution in [0.4, 0.5) is 17.5 Å². The molecule has 0 unspecified atom stereocenters. The molecule has 0 radical (unpaired) electrons. The molecule has 2 aromatic rings. The summed E-state index contributed by atoms with van der Waals surface area (Å²) in [5.74, 6) is 1.51. The maximum atomic E-state index is 4.52. The highest BCUT2D eigenvalue weighted by atomic mass is 15.1. The Balaban J connectivity index is 2.14. The molecule has 21 heavy (non-hydrogen) atoms. The lowest BCUT2D eigenvalue weighted by Gasteiger charge is -2.13. The van der Waals surface area contributed by atoms with Crippen molar-refractivity contribution in [1.29, 1.82) is 0 Å². The van der Waals surface area contributed by atoms with Crippen molar-refractivity contribution in [1.82, 2.24) is 9.97 Å². The summed E-state index contributed by atoms with van der Waals surface area (Å²) in [7, 11) is 0. The number of hydrogen-bond acceptors (Lipinski definition) is 4. The van der Waals surface area contributed by atoms with Crippen LogP contribution in [0, 0.1) is 6.92 Å². The second-order valence-electron chi connectivity index (χ2n) is 5.13. The minimum atomic E-state index is 0.639. The number of rotatable bonds is 7. The van der Waals surface area contributed by atoms with Gasteiger partial charge in [-0.15, -0.1) is 0 Å². The van der Waals surface area contributed by atoms with E-state index in [0.29, 0.717) is 5.95 Å². The van der Waals surface area contributed by atoms with Gasteiger partial charge in [0, 0.05) is 18.4 Å². The first-order chi connectivity index (χ1) is 10.2. The Bertz CT molecular complexity index is 581. The number of nitrogens with zero attached hydrogens (tertiary/aromatic N) is 2. The number of benzene rings is 1. The van der Waals surface area contributed by atoms with E-state index in [1.807, 2.05) is 6.07 Å². The first kappa shape index (κ1) is 15.3. The third kappa shape index (κ3) is 4.18. The lowest BCUT2D eigenvalue weighted by Crippen LogP contribution is -2.06. The van der Waals surface area contributed by atoms with Gasteiger partial charge in [-0.25, -0.2) is 4.98 Å². The number of nitrogens with one attached hydrogen (secondary N) is 2. The zero-order valence-electron chi connectivity index (χ0n) is 13.1. The quantitative estimate of drug-likeness (QED) is 0.744. The van der Waals surface area contributed by atoms with Gasteiger partial charge in [-0.2, -0.15) is 4.98 Å². The average molecular weight is 284 g/mol. The summed E-state index contributed by atoms with van der Waals surface area (Å²) >= 11 is 0. The predicted octanol–water partition coefficient (Wildman–Crippen LogP) is 4.30. The summed E-state index contributed by atoms with van der Waals surface area (Å²) in [6.07, 6.45) is 5.09. The summed E-state index contributed by atoms with van der Waals surface area (Å²) in [6, 6.07) is 8.23. The van der Waals surface area contributed by atoms with Crippen LogP contribution in [0.5, 0.6) is 0 Å². The summed E-state index contributed by atoms with van der Waals surface area (Å²) in [4.78, 5) is 8.84. The van der Waals surface area contributed by atoms with Crippen molar-refractivity contribution >= 4 is 17.5 Å². The van der Waals surface area contributed by atoms with Gasteiger partial charge in [0.2, 0.25) is 5.95 Å². The van der Waals surface area contributed by atoms with Gasteiger partial charge in [0.1, 0.15) is 5.82 Å². The average Bonchev–Trinajstić information content (AvgIpc) is 2.50. The van der Waals surface area contributed by atoms with Crippen LogP contribution >= 0.6 is 0 Å². The molecule has 0 aliphatic heterocycles. The molecule has 0 aliphatic rings. The Labute approximate surface area is 127 Å². The van der Waals surface area contributed by atoms with E-state index in [-0.39, 0.29) is 0 Å². The summed E-state index contributed by atoms with van der Waals surface area (Å²) < 4.78 is 0. The Morgan fingerprint density at radius 2 is 2.00 bits per heavy atom. The molecule has 0 fully saturated rings. The van der Waals surface area contributed by atoms with Gasteiger partial charge in [-0.1, -0.05) is 38.5 Å². The Morgan fingerprint density at radius 3 is 2.76 bits per heavy atom. The number of aromatic nitrogens is 2. The summed E-state index contributed by atoms with van der Waals surface area (Å²) in [5, 5.41) is 6.68. The fourth-order valence-corrected chi connectivity index (χ4v) is 2.22. The molecule has 2 rings (SSSR count). The largest absolute Gasteiger partial charge is 0.370 e. The second kappa shape index (κ2) is 7.62. The molecule has 0 bridgehead atoms. The van der Waals surface area contributed by atoms with Crippen molar-refractivity contribution in [2.75, 3.05) is 17.2 Å². The highest BCUT2D eigenvalue weighted by Gasteiger charge is 2.06. The van der Waals surface area contributed by atoms with Crippen LogP contribution in [-0.4, -0.2) is 16.5 Å². The second-order valence-corrected chi connectivity index (χ2v) is 5.13. The fourth-order valence-electron chi connectivity index (χ4n) is 2.22. The van der Waals surface area contributed by atoms with Crippen LogP contribution in [0.25, 0.3) is 0 Å². The predicted molar refractivity (Wildman–Crippen MR) is 89.3 cm³/mol. The van der Waals surface area contributed by atoms with E-state index < -0.39 is 0 Å². The van der Waals surface area contributed by atoms with Crippen LogP contribution in [0.1, 0.15) is 37.8 Å². The van der Waals surface area contributed by atoms with Crippen molar-refractivity contribution in [3.63, 3.8) is 0 Å². The van der Waals surface area contributed by atoms with Crippen molar-refractivity contribution in [3.8, 4) is 0 Å². The lowest BCUT2D eigenvalue weighted by atomic mass is 10.1. The first-order valence-corrected chi connectivity index (χ1v) is 7.67. The number of anilines is 3. The SMILES string of the molecule is CCCCNc1ccnc(Nc2c(C)cccc2CC)n1. The van der Waals surface area contributed by atoms with Gasteiger partial charge in [0.05, 0.1) is 0 Å². The van der Waals surface area contributed by atoms with Gasteiger partial charge in [0.25, 0.3) is 0 Å². The number of para-hydroxylation sites is 1. The monoisotopic (exact) mass is 284 g/mol. The standard InChI is InChI=1S/C17H24N4/c1-4-6-11-18-15-10-12-19-17(20-15)21-16-13(3)8-7-9-14(16)5-2/h7-10,12H,4-6,11H2,1-3H3,(H2,18,19,20,21). The van der Waals surface area contributed by atoms with Gasteiger partial charge < -0.3 is 10.6 Å².